The van der Waals surface area contributed by atoms with E-state index in [9.17, 15) is 9.18 Å². The molecule has 11 heavy (non-hydrogen) atoms. The number of halogens is 1. The lowest BCUT2D eigenvalue weighted by Crippen LogP contribution is -2.23. The molecule has 0 bridgehead atoms. The number of hydroxylamine groups is 1. The zero-order chi connectivity index (χ0) is 8.10. The van der Waals surface area contributed by atoms with Crippen LogP contribution in [0.4, 0.5) is 4.39 Å². The Morgan fingerprint density at radius 2 is 2.73 bits per heavy atom. The maximum Gasteiger partial charge on any atom is 0.292 e. The van der Waals surface area contributed by atoms with Crippen molar-refractivity contribution >= 4 is 5.91 Å². The van der Waals surface area contributed by atoms with Gasteiger partial charge < -0.3 is 0 Å². The van der Waals surface area contributed by atoms with Crippen LogP contribution in [0.3, 0.4) is 0 Å². The second kappa shape index (κ2) is 3.67. The molecule has 1 heterocycles. The lowest BCUT2D eigenvalue weighted by Gasteiger charge is -1.97. The number of carbonyl (C=O) groups is 1. The van der Waals surface area contributed by atoms with Crippen LogP contribution in [0, 0.1) is 0 Å². The summed E-state index contributed by atoms with van der Waals surface area (Å²) in [6.07, 6.45) is 1.41. The summed E-state index contributed by atoms with van der Waals surface area (Å²) >= 11 is 0. The molecule has 0 aliphatic heterocycles. The molecule has 1 aromatic rings. The highest BCUT2D eigenvalue weighted by atomic mass is 19.1. The molecular weight excluding hydrogens is 153 g/mol. The van der Waals surface area contributed by atoms with Crippen molar-refractivity contribution in [3.63, 3.8) is 0 Å². The molecule has 1 aromatic heterocycles. The Bertz CT molecular complexity index is 224. The topological polar surface area (TPSA) is 67.0 Å². The van der Waals surface area contributed by atoms with Crippen molar-refractivity contribution in [3.05, 3.63) is 18.0 Å². The van der Waals surface area contributed by atoms with E-state index < -0.39 is 12.8 Å². The number of amides is 1. The Labute approximate surface area is 61.5 Å². The first kappa shape index (κ1) is 7.67. The lowest BCUT2D eigenvalue weighted by atomic mass is 10.4. The van der Waals surface area contributed by atoms with Crippen molar-refractivity contribution in [3.8, 4) is 0 Å². The van der Waals surface area contributed by atoms with Gasteiger partial charge in [0.15, 0.2) is 0 Å². The van der Waals surface area contributed by atoms with Gasteiger partial charge in [-0.15, -0.1) is 0 Å². The number of hydrogen-bond donors (Lipinski definition) is 2. The number of aromatic amines is 1. The van der Waals surface area contributed by atoms with Gasteiger partial charge in [0.05, 0.1) is 0 Å². The smallest absolute Gasteiger partial charge is 0.273 e. The van der Waals surface area contributed by atoms with Crippen molar-refractivity contribution in [2.75, 3.05) is 6.86 Å². The number of rotatable bonds is 3. The highest BCUT2D eigenvalue weighted by Crippen LogP contribution is 1.89. The Morgan fingerprint density at radius 1 is 1.91 bits per heavy atom. The number of nitrogens with zero attached hydrogens (tertiary/aromatic N) is 1. The minimum Gasteiger partial charge on any atom is -0.273 e. The van der Waals surface area contributed by atoms with Crippen LogP contribution in [0.5, 0.6) is 0 Å². The lowest BCUT2D eigenvalue weighted by molar-refractivity contribution is -0.00960. The van der Waals surface area contributed by atoms with E-state index in [-0.39, 0.29) is 5.69 Å². The normalized spacial score (nSPS) is 9.55. The van der Waals surface area contributed by atoms with Gasteiger partial charge in [-0.2, -0.15) is 5.10 Å². The molecule has 0 unspecified atom stereocenters. The number of carbonyl (C=O) groups excluding carboxylic acids is 1. The van der Waals surface area contributed by atoms with Crippen molar-refractivity contribution < 1.29 is 14.0 Å². The van der Waals surface area contributed by atoms with E-state index in [0.29, 0.717) is 0 Å². The van der Waals surface area contributed by atoms with Crippen LogP contribution in [-0.4, -0.2) is 23.0 Å². The molecule has 0 aromatic carbocycles. The monoisotopic (exact) mass is 159 g/mol. The Morgan fingerprint density at radius 3 is 3.27 bits per heavy atom. The summed E-state index contributed by atoms with van der Waals surface area (Å²) in [5, 5.41) is 5.90. The number of alkyl halides is 1. The molecule has 0 aliphatic rings. The molecule has 0 aliphatic carbocycles. The summed E-state index contributed by atoms with van der Waals surface area (Å²) in [7, 11) is 0. The van der Waals surface area contributed by atoms with E-state index in [1.807, 2.05) is 5.48 Å². The first-order valence-corrected chi connectivity index (χ1v) is 2.82. The first-order chi connectivity index (χ1) is 5.34. The molecule has 0 fully saturated rings. The quantitative estimate of drug-likeness (QED) is 0.610. The Balaban J connectivity index is 2.43. The van der Waals surface area contributed by atoms with E-state index in [1.165, 1.54) is 12.3 Å². The van der Waals surface area contributed by atoms with Gasteiger partial charge in [-0.1, -0.05) is 0 Å². The standard InChI is InChI=1S/C5H6FN3O2/c6-3-11-9-5(10)4-1-2-7-8-4/h1-2H,3H2,(H,7,8)(H,9,10). The van der Waals surface area contributed by atoms with Gasteiger partial charge in [0.1, 0.15) is 5.69 Å². The van der Waals surface area contributed by atoms with E-state index in [0.717, 1.165) is 0 Å². The summed E-state index contributed by atoms with van der Waals surface area (Å²) in [5.74, 6) is -0.555. The Hall–Kier alpha value is -1.43. The van der Waals surface area contributed by atoms with Gasteiger partial charge in [0, 0.05) is 6.20 Å². The van der Waals surface area contributed by atoms with Crippen LogP contribution < -0.4 is 5.48 Å². The minimum atomic E-state index is -1.06. The highest BCUT2D eigenvalue weighted by Gasteiger charge is 2.04. The second-order valence-corrected chi connectivity index (χ2v) is 1.65. The third kappa shape index (κ3) is 2.01. The maximum atomic E-state index is 11.3. The van der Waals surface area contributed by atoms with Crippen LogP contribution >= 0.6 is 0 Å². The molecule has 0 radical (unpaired) electrons. The van der Waals surface area contributed by atoms with Crippen molar-refractivity contribution in [1.29, 1.82) is 0 Å². The van der Waals surface area contributed by atoms with Crippen LogP contribution in [-0.2, 0) is 4.84 Å². The molecule has 5 nitrogen and oxygen atoms in total. The number of H-pyrrole nitrogens is 1. The van der Waals surface area contributed by atoms with E-state index in [4.69, 9.17) is 0 Å². The molecule has 2 N–H and O–H groups in total. The van der Waals surface area contributed by atoms with E-state index in [1.54, 1.807) is 0 Å². The number of nitrogens with one attached hydrogen (secondary N) is 2. The SMILES string of the molecule is O=C(NOCF)c1ccn[nH]1. The van der Waals surface area contributed by atoms with Crippen molar-refractivity contribution in [2.24, 2.45) is 0 Å². The molecule has 0 saturated carbocycles. The molecule has 1 rings (SSSR count). The van der Waals surface area contributed by atoms with Crippen LogP contribution in [0.1, 0.15) is 10.5 Å². The van der Waals surface area contributed by atoms with Crippen molar-refractivity contribution in [2.45, 2.75) is 0 Å². The summed E-state index contributed by atoms with van der Waals surface area (Å²) in [6.45, 7) is -1.06. The summed E-state index contributed by atoms with van der Waals surface area (Å²) in [4.78, 5) is 14.8. The van der Waals surface area contributed by atoms with Gasteiger partial charge in [-0.3, -0.25) is 9.89 Å². The summed E-state index contributed by atoms with van der Waals surface area (Å²) < 4.78 is 11.3. The van der Waals surface area contributed by atoms with Crippen LogP contribution in [0.25, 0.3) is 0 Å². The fraction of sp³-hybridized carbons (Fsp3) is 0.200. The maximum absolute atomic E-state index is 11.3. The van der Waals surface area contributed by atoms with Crippen molar-refractivity contribution in [1.82, 2.24) is 15.7 Å². The molecule has 1 amide bonds. The largest absolute Gasteiger partial charge is 0.292 e. The van der Waals surface area contributed by atoms with Crippen LogP contribution in [0.15, 0.2) is 12.3 Å². The molecule has 60 valence electrons. The number of aromatic nitrogens is 2. The predicted octanol–water partition coefficient (Wildman–Crippen LogP) is -0.00190. The van der Waals surface area contributed by atoms with Gasteiger partial charge in [-0.25, -0.2) is 14.7 Å². The van der Waals surface area contributed by atoms with Gasteiger partial charge in [-0.05, 0) is 6.07 Å². The fourth-order valence-corrected chi connectivity index (χ4v) is 0.530. The van der Waals surface area contributed by atoms with Gasteiger partial charge in [0.25, 0.3) is 5.91 Å². The average Bonchev–Trinajstić information content (AvgIpc) is 2.52. The average molecular weight is 159 g/mol. The van der Waals surface area contributed by atoms with Crippen LogP contribution in [0.2, 0.25) is 0 Å². The Kier molecular flexibility index (Phi) is 2.56. The van der Waals surface area contributed by atoms with E-state index >= 15 is 0 Å². The fourth-order valence-electron chi connectivity index (χ4n) is 0.530. The third-order valence-corrected chi connectivity index (χ3v) is 0.965. The molecular formula is C5H6FN3O2. The zero-order valence-corrected chi connectivity index (χ0v) is 5.50. The van der Waals surface area contributed by atoms with E-state index in [2.05, 4.69) is 15.0 Å². The molecule has 0 saturated heterocycles. The summed E-state index contributed by atoms with van der Waals surface area (Å²) in [6, 6.07) is 1.44. The zero-order valence-electron chi connectivity index (χ0n) is 5.50. The minimum absolute atomic E-state index is 0.221. The predicted molar refractivity (Wildman–Crippen MR) is 33.1 cm³/mol. The first-order valence-electron chi connectivity index (χ1n) is 2.82. The third-order valence-electron chi connectivity index (χ3n) is 0.965. The highest BCUT2D eigenvalue weighted by molar-refractivity contribution is 5.91. The number of hydrogen-bond acceptors (Lipinski definition) is 3. The molecule has 0 spiro atoms. The van der Waals surface area contributed by atoms with Gasteiger partial charge >= 0.3 is 0 Å². The molecule has 0 atom stereocenters. The molecule has 6 heteroatoms. The summed E-state index contributed by atoms with van der Waals surface area (Å²) in [5.41, 5.74) is 2.07. The second-order valence-electron chi connectivity index (χ2n) is 1.65. The van der Waals surface area contributed by atoms with Gasteiger partial charge in [0.2, 0.25) is 6.86 Å².